The van der Waals surface area contributed by atoms with Crippen LogP contribution >= 0.6 is 11.8 Å². The van der Waals surface area contributed by atoms with Gasteiger partial charge >= 0.3 is 0 Å². The predicted octanol–water partition coefficient (Wildman–Crippen LogP) is 3.70. The fourth-order valence-electron chi connectivity index (χ4n) is 3.15. The largest absolute Gasteiger partial charge is 0.865 e. The minimum Gasteiger partial charge on any atom is -0.865 e. The number of nitro groups is 1. The van der Waals surface area contributed by atoms with E-state index < -0.39 is 22.6 Å². The van der Waals surface area contributed by atoms with Gasteiger partial charge in [-0.2, -0.15) is 4.98 Å². The van der Waals surface area contributed by atoms with Gasteiger partial charge in [0.1, 0.15) is 5.75 Å². The fraction of sp³-hybridized carbons (Fsp3) is 0.190. The molecule has 0 bridgehead atoms. The summed E-state index contributed by atoms with van der Waals surface area (Å²) >= 11 is 1.34. The molecule has 3 aromatic rings. The molecule has 1 atom stereocenters. The van der Waals surface area contributed by atoms with Crippen molar-refractivity contribution < 1.29 is 19.5 Å². The Morgan fingerprint density at radius 1 is 1.34 bits per heavy atom. The summed E-state index contributed by atoms with van der Waals surface area (Å²) in [6.45, 7) is 5.55. The Kier molecular flexibility index (Phi) is 6.08. The van der Waals surface area contributed by atoms with Gasteiger partial charge in [0.05, 0.1) is 11.5 Å². The molecule has 0 amide bonds. The molecule has 2 heterocycles. The Labute approximate surface area is 187 Å². The number of para-hydroxylation sites is 1. The number of nitrogens with one attached hydrogen (secondary N) is 1. The normalized spacial score (nSPS) is 14.2. The Balaban J connectivity index is 1.83. The van der Waals surface area contributed by atoms with Crippen LogP contribution in [0.5, 0.6) is 17.4 Å². The number of hydrogen-bond donors (Lipinski definition) is 1. The van der Waals surface area contributed by atoms with Gasteiger partial charge in [-0.15, -0.1) is 16.8 Å². The maximum atomic E-state index is 12.4. The van der Waals surface area contributed by atoms with Gasteiger partial charge in [0, 0.05) is 34.4 Å². The van der Waals surface area contributed by atoms with Crippen LogP contribution in [0.3, 0.4) is 0 Å². The molecule has 10 nitrogen and oxygen atoms in total. The third-order valence-corrected chi connectivity index (χ3v) is 5.35. The summed E-state index contributed by atoms with van der Waals surface area (Å²) in [6.07, 6.45) is 0.823. The van der Waals surface area contributed by atoms with E-state index in [-0.39, 0.29) is 18.2 Å². The minimum atomic E-state index is -0.898. The maximum Gasteiger partial charge on any atom is 0.265 e. The summed E-state index contributed by atoms with van der Waals surface area (Å²) in [4.78, 5) is 15.2. The molecule has 1 aromatic heterocycles. The van der Waals surface area contributed by atoms with Crippen molar-refractivity contribution >= 4 is 23.1 Å². The van der Waals surface area contributed by atoms with Crippen molar-refractivity contribution in [3.63, 3.8) is 0 Å². The summed E-state index contributed by atoms with van der Waals surface area (Å²) in [7, 11) is 0. The highest BCUT2D eigenvalue weighted by Gasteiger charge is 2.28. The number of hydrogen-bond acceptors (Lipinski definition) is 10. The van der Waals surface area contributed by atoms with Gasteiger partial charge in [-0.05, 0) is 19.1 Å². The molecular formula is C21H18N5O5S-. The van der Waals surface area contributed by atoms with Gasteiger partial charge < -0.3 is 19.9 Å². The molecule has 1 aliphatic rings. The highest BCUT2D eigenvalue weighted by molar-refractivity contribution is 7.99. The van der Waals surface area contributed by atoms with Crippen LogP contribution in [0.1, 0.15) is 18.7 Å². The molecule has 0 spiro atoms. The first-order valence-corrected chi connectivity index (χ1v) is 10.6. The number of ether oxygens (including phenoxy) is 2. The van der Waals surface area contributed by atoms with E-state index in [1.807, 2.05) is 24.3 Å². The van der Waals surface area contributed by atoms with Crippen molar-refractivity contribution in [2.24, 2.45) is 0 Å². The number of anilines is 1. The molecule has 32 heavy (non-hydrogen) atoms. The third-order valence-electron chi connectivity index (χ3n) is 4.52. The Morgan fingerprint density at radius 3 is 2.91 bits per heavy atom. The van der Waals surface area contributed by atoms with E-state index in [4.69, 9.17) is 9.47 Å². The van der Waals surface area contributed by atoms with Gasteiger partial charge in [0.25, 0.3) is 5.69 Å². The average molecular weight is 452 g/mol. The number of fused-ring (bicyclic) bond motifs is 3. The molecular weight excluding hydrogens is 434 g/mol. The highest BCUT2D eigenvalue weighted by Crippen LogP contribution is 2.42. The van der Waals surface area contributed by atoms with E-state index in [9.17, 15) is 15.2 Å². The quantitative estimate of drug-likeness (QED) is 0.244. The number of benzene rings is 2. The average Bonchev–Trinajstić information content (AvgIpc) is 2.95. The molecule has 4 rings (SSSR count). The van der Waals surface area contributed by atoms with E-state index in [2.05, 4.69) is 27.1 Å². The number of thioether (sulfide) groups is 1. The monoisotopic (exact) mass is 452 g/mol. The number of rotatable bonds is 7. The molecule has 0 unspecified atom stereocenters. The van der Waals surface area contributed by atoms with Crippen LogP contribution in [-0.2, 0) is 0 Å². The summed E-state index contributed by atoms with van der Waals surface area (Å²) in [5, 5.41) is 35.9. The molecule has 0 saturated carbocycles. The van der Waals surface area contributed by atoms with Crippen LogP contribution in [0.2, 0.25) is 0 Å². The standard InChI is InChI=1S/C21H19N5O5S/c1-3-9-32-21-23-20-17(24-25-21)13-7-5-6-8-14(13)22-19(31-20)12-10-15(26(28)29)18(27)16(11-12)30-4-2/h3,5-8,10-11,19,22,27H,1,4,9H2,2H3/p-1/t19-/m1/s1. The van der Waals surface area contributed by atoms with Crippen LogP contribution < -0.4 is 19.9 Å². The molecule has 0 aliphatic carbocycles. The lowest BCUT2D eigenvalue weighted by Gasteiger charge is -2.22. The molecule has 1 aliphatic heterocycles. The second kappa shape index (κ2) is 9.10. The molecule has 2 aromatic carbocycles. The molecule has 0 radical (unpaired) electrons. The van der Waals surface area contributed by atoms with E-state index in [0.717, 1.165) is 0 Å². The zero-order chi connectivity index (χ0) is 22.7. The molecule has 0 saturated heterocycles. The van der Waals surface area contributed by atoms with Crippen molar-refractivity contribution in [3.05, 3.63) is 64.7 Å². The van der Waals surface area contributed by atoms with E-state index in [1.165, 1.54) is 23.9 Å². The van der Waals surface area contributed by atoms with E-state index in [0.29, 0.717) is 33.4 Å². The zero-order valence-corrected chi connectivity index (χ0v) is 17.8. The molecule has 164 valence electrons. The summed E-state index contributed by atoms with van der Waals surface area (Å²) in [5.74, 6) is -0.112. The van der Waals surface area contributed by atoms with Crippen LogP contribution in [0.4, 0.5) is 11.4 Å². The van der Waals surface area contributed by atoms with Gasteiger partial charge in [0.15, 0.2) is 11.9 Å². The number of nitrogens with zero attached hydrogens (tertiary/aromatic N) is 4. The van der Waals surface area contributed by atoms with Crippen molar-refractivity contribution in [2.45, 2.75) is 18.3 Å². The van der Waals surface area contributed by atoms with Gasteiger partial charge in [-0.1, -0.05) is 36.0 Å². The van der Waals surface area contributed by atoms with Crippen molar-refractivity contribution in [3.8, 4) is 28.6 Å². The predicted molar refractivity (Wildman–Crippen MR) is 117 cm³/mol. The Hall–Kier alpha value is -3.86. The van der Waals surface area contributed by atoms with Gasteiger partial charge in [0.2, 0.25) is 11.0 Å². The molecule has 1 N–H and O–H groups in total. The summed E-state index contributed by atoms with van der Waals surface area (Å²) in [6, 6.07) is 9.95. The third kappa shape index (κ3) is 4.14. The topological polar surface area (TPSA) is 135 Å². The molecule has 0 fully saturated rings. The second-order valence-electron chi connectivity index (χ2n) is 6.59. The second-order valence-corrected chi connectivity index (χ2v) is 7.58. The zero-order valence-electron chi connectivity index (χ0n) is 17.0. The van der Waals surface area contributed by atoms with Gasteiger partial charge in [-0.25, -0.2) is 0 Å². The molecule has 11 heteroatoms. The SMILES string of the molecule is C=CCSc1nnc2c(n1)O[C@H](c1cc(OCC)c([O-])c([N+](=O)[O-])c1)Nc1ccccc1-2. The Bertz CT molecular complexity index is 1190. The van der Waals surface area contributed by atoms with Crippen LogP contribution in [-0.4, -0.2) is 32.5 Å². The number of aromatic nitrogens is 3. The van der Waals surface area contributed by atoms with Crippen LogP contribution in [0.25, 0.3) is 11.3 Å². The highest BCUT2D eigenvalue weighted by atomic mass is 32.2. The fourth-order valence-corrected chi connectivity index (χ4v) is 3.66. The smallest absolute Gasteiger partial charge is 0.265 e. The van der Waals surface area contributed by atoms with Crippen molar-refractivity contribution in [1.82, 2.24) is 15.2 Å². The minimum absolute atomic E-state index is 0.122. The van der Waals surface area contributed by atoms with Crippen LogP contribution in [0.15, 0.2) is 54.2 Å². The lowest BCUT2D eigenvalue weighted by Crippen LogP contribution is -2.18. The number of nitro benzene ring substituents is 1. The van der Waals surface area contributed by atoms with E-state index >= 15 is 0 Å². The summed E-state index contributed by atoms with van der Waals surface area (Å²) < 4.78 is 11.5. The first-order chi connectivity index (χ1) is 15.5. The van der Waals surface area contributed by atoms with Crippen LogP contribution in [0, 0.1) is 10.1 Å². The van der Waals surface area contributed by atoms with Crippen molar-refractivity contribution in [2.75, 3.05) is 17.7 Å². The Morgan fingerprint density at radius 2 is 2.16 bits per heavy atom. The van der Waals surface area contributed by atoms with E-state index in [1.54, 1.807) is 13.0 Å². The van der Waals surface area contributed by atoms with Crippen molar-refractivity contribution in [1.29, 1.82) is 0 Å². The maximum absolute atomic E-state index is 12.4. The lowest BCUT2D eigenvalue weighted by molar-refractivity contribution is -0.398. The van der Waals surface area contributed by atoms with Gasteiger partial charge in [-0.3, -0.25) is 10.1 Å². The first-order valence-electron chi connectivity index (χ1n) is 9.65. The first kappa shape index (κ1) is 21.4. The lowest BCUT2D eigenvalue weighted by atomic mass is 10.1. The summed E-state index contributed by atoms with van der Waals surface area (Å²) in [5.41, 5.74) is 1.55.